The van der Waals surface area contributed by atoms with E-state index in [0.717, 1.165) is 6.07 Å². The number of hydrogen-bond donors (Lipinski definition) is 3. The minimum Gasteiger partial charge on any atom is -0.369 e. The standard InChI is InChI=1S/C13H13BrFN5O2S/c14-9-7-17-13-19-11-6-8(2-3-10(11)15)23(21,22)18-5-1-4-16-12(9)20-13/h2-3,6-7,18H,1,4-5H2,(H2,16,17,19,20). The highest BCUT2D eigenvalue weighted by molar-refractivity contribution is 9.10. The number of sulfonamides is 1. The molecule has 0 atom stereocenters. The molecule has 0 unspecified atom stereocenters. The lowest BCUT2D eigenvalue weighted by Crippen LogP contribution is -2.26. The van der Waals surface area contributed by atoms with E-state index < -0.39 is 15.8 Å². The lowest BCUT2D eigenvalue weighted by atomic mass is 10.3. The number of nitrogens with zero attached hydrogens (tertiary/aromatic N) is 2. The Bertz CT molecular complexity index is 846. The van der Waals surface area contributed by atoms with E-state index in [9.17, 15) is 12.8 Å². The van der Waals surface area contributed by atoms with E-state index in [2.05, 4.69) is 41.3 Å². The Morgan fingerprint density at radius 3 is 2.91 bits per heavy atom. The molecule has 0 fully saturated rings. The summed E-state index contributed by atoms with van der Waals surface area (Å²) >= 11 is 3.33. The van der Waals surface area contributed by atoms with Crippen LogP contribution >= 0.6 is 15.9 Å². The zero-order valence-electron chi connectivity index (χ0n) is 11.8. The third-order valence-electron chi connectivity index (χ3n) is 3.18. The summed E-state index contributed by atoms with van der Waals surface area (Å²) in [5.41, 5.74) is -0.0135. The van der Waals surface area contributed by atoms with Crippen LogP contribution in [-0.2, 0) is 10.0 Å². The van der Waals surface area contributed by atoms with Gasteiger partial charge < -0.3 is 10.6 Å². The normalized spacial score (nSPS) is 17.0. The van der Waals surface area contributed by atoms with Gasteiger partial charge in [-0.2, -0.15) is 4.98 Å². The van der Waals surface area contributed by atoms with Crippen molar-refractivity contribution in [2.24, 2.45) is 0 Å². The van der Waals surface area contributed by atoms with E-state index >= 15 is 0 Å². The fraction of sp³-hybridized carbons (Fsp3) is 0.231. The number of fused-ring (bicyclic) bond motifs is 4. The molecule has 4 bridgehead atoms. The van der Waals surface area contributed by atoms with Crippen molar-refractivity contribution in [3.8, 4) is 0 Å². The quantitative estimate of drug-likeness (QED) is 0.626. The van der Waals surface area contributed by atoms with Crippen molar-refractivity contribution in [1.82, 2.24) is 14.7 Å². The summed E-state index contributed by atoms with van der Waals surface area (Å²) < 4.78 is 41.5. The average molecular weight is 402 g/mol. The van der Waals surface area contributed by atoms with E-state index in [1.165, 1.54) is 18.3 Å². The van der Waals surface area contributed by atoms with Crippen LogP contribution in [0.15, 0.2) is 33.8 Å². The van der Waals surface area contributed by atoms with Gasteiger partial charge in [0.05, 0.1) is 15.1 Å². The SMILES string of the molecule is O=S1(=O)NCCCNc2nc(ncc2Br)Nc2cc1ccc2F. The molecule has 3 rings (SSSR count). The Hall–Kier alpha value is -1.78. The van der Waals surface area contributed by atoms with Gasteiger partial charge in [-0.25, -0.2) is 22.5 Å². The van der Waals surface area contributed by atoms with Crippen LogP contribution in [0.3, 0.4) is 0 Å². The average Bonchev–Trinajstić information content (AvgIpc) is 2.51. The molecule has 1 aromatic carbocycles. The van der Waals surface area contributed by atoms with Gasteiger partial charge in [0, 0.05) is 19.3 Å². The summed E-state index contributed by atoms with van der Waals surface area (Å²) in [4.78, 5) is 8.28. The van der Waals surface area contributed by atoms with Gasteiger partial charge in [-0.15, -0.1) is 0 Å². The Morgan fingerprint density at radius 1 is 1.26 bits per heavy atom. The molecule has 23 heavy (non-hydrogen) atoms. The minimum atomic E-state index is -3.69. The fourth-order valence-electron chi connectivity index (χ4n) is 2.02. The summed E-state index contributed by atoms with van der Waals surface area (Å²) in [7, 11) is -3.69. The highest BCUT2D eigenvalue weighted by Crippen LogP contribution is 2.25. The predicted octanol–water partition coefficient (Wildman–Crippen LogP) is 2.22. The molecule has 3 N–H and O–H groups in total. The van der Waals surface area contributed by atoms with Gasteiger partial charge in [0.15, 0.2) is 0 Å². The van der Waals surface area contributed by atoms with Crippen molar-refractivity contribution in [1.29, 1.82) is 0 Å². The summed E-state index contributed by atoms with van der Waals surface area (Å²) in [6.07, 6.45) is 2.10. The highest BCUT2D eigenvalue weighted by atomic mass is 79.9. The highest BCUT2D eigenvalue weighted by Gasteiger charge is 2.17. The zero-order valence-corrected chi connectivity index (χ0v) is 14.2. The molecule has 0 saturated carbocycles. The van der Waals surface area contributed by atoms with Crippen LogP contribution in [0.5, 0.6) is 0 Å². The van der Waals surface area contributed by atoms with E-state index in [-0.39, 0.29) is 23.1 Å². The van der Waals surface area contributed by atoms with Gasteiger partial charge in [0.1, 0.15) is 11.6 Å². The van der Waals surface area contributed by atoms with Crippen molar-refractivity contribution in [2.45, 2.75) is 11.3 Å². The van der Waals surface area contributed by atoms with Crippen LogP contribution in [0.1, 0.15) is 6.42 Å². The van der Waals surface area contributed by atoms with Crippen LogP contribution in [0.2, 0.25) is 0 Å². The smallest absolute Gasteiger partial charge is 0.240 e. The van der Waals surface area contributed by atoms with Gasteiger partial charge in [0.25, 0.3) is 0 Å². The van der Waals surface area contributed by atoms with Crippen LogP contribution in [0, 0.1) is 5.82 Å². The largest absolute Gasteiger partial charge is 0.369 e. The van der Waals surface area contributed by atoms with E-state index in [1.807, 2.05) is 0 Å². The Kier molecular flexibility index (Phi) is 4.46. The van der Waals surface area contributed by atoms with Crippen molar-refractivity contribution < 1.29 is 12.8 Å². The van der Waals surface area contributed by atoms with Gasteiger partial charge in [-0.05, 0) is 40.5 Å². The second-order valence-electron chi connectivity index (χ2n) is 4.83. The number of anilines is 3. The van der Waals surface area contributed by atoms with Crippen molar-refractivity contribution in [3.63, 3.8) is 0 Å². The molecular weight excluding hydrogens is 389 g/mol. The van der Waals surface area contributed by atoms with Gasteiger partial charge in [0.2, 0.25) is 16.0 Å². The Morgan fingerprint density at radius 2 is 2.09 bits per heavy atom. The first-order chi connectivity index (χ1) is 11.0. The monoisotopic (exact) mass is 401 g/mol. The number of nitrogens with one attached hydrogen (secondary N) is 3. The van der Waals surface area contributed by atoms with E-state index in [4.69, 9.17) is 0 Å². The molecule has 7 nitrogen and oxygen atoms in total. The third kappa shape index (κ3) is 3.59. The minimum absolute atomic E-state index is 0.0135. The summed E-state index contributed by atoms with van der Waals surface area (Å²) in [5, 5.41) is 5.78. The molecule has 0 spiro atoms. The third-order valence-corrected chi connectivity index (χ3v) is 5.22. The summed E-state index contributed by atoms with van der Waals surface area (Å²) in [5.74, 6) is 0.109. The number of rotatable bonds is 0. The molecule has 2 aromatic rings. The Labute approximate surface area is 140 Å². The maximum Gasteiger partial charge on any atom is 0.240 e. The fourth-order valence-corrected chi connectivity index (χ4v) is 3.46. The Balaban J connectivity index is 2.07. The maximum atomic E-state index is 13.9. The van der Waals surface area contributed by atoms with Crippen molar-refractivity contribution in [2.75, 3.05) is 23.7 Å². The molecule has 1 aromatic heterocycles. The predicted molar refractivity (Wildman–Crippen MR) is 87.7 cm³/mol. The molecule has 122 valence electrons. The lowest BCUT2D eigenvalue weighted by molar-refractivity contribution is 0.579. The second kappa shape index (κ2) is 6.38. The van der Waals surface area contributed by atoms with Gasteiger partial charge >= 0.3 is 0 Å². The molecule has 10 heteroatoms. The first kappa shape index (κ1) is 16.1. The van der Waals surface area contributed by atoms with Gasteiger partial charge in [-0.3, -0.25) is 0 Å². The molecule has 2 heterocycles. The number of benzene rings is 1. The van der Waals surface area contributed by atoms with E-state index in [0.29, 0.717) is 23.3 Å². The molecular formula is C13H13BrFN5O2S. The molecule has 1 aliphatic heterocycles. The molecule has 0 amide bonds. The van der Waals surface area contributed by atoms with Crippen molar-refractivity contribution in [3.05, 3.63) is 34.7 Å². The number of hydrogen-bond acceptors (Lipinski definition) is 6. The zero-order chi connectivity index (χ0) is 16.4. The number of halogens is 2. The van der Waals surface area contributed by atoms with E-state index in [1.54, 1.807) is 0 Å². The molecule has 0 saturated heterocycles. The maximum absolute atomic E-state index is 13.9. The van der Waals surface area contributed by atoms with Crippen LogP contribution in [-0.4, -0.2) is 31.5 Å². The summed E-state index contributed by atoms with van der Waals surface area (Å²) in [6, 6.07) is 3.53. The summed E-state index contributed by atoms with van der Waals surface area (Å²) in [6.45, 7) is 0.772. The van der Waals surface area contributed by atoms with Crippen molar-refractivity contribution >= 4 is 43.4 Å². The number of aromatic nitrogens is 2. The molecule has 0 radical (unpaired) electrons. The van der Waals surface area contributed by atoms with Gasteiger partial charge in [-0.1, -0.05) is 0 Å². The first-order valence-electron chi connectivity index (χ1n) is 6.78. The molecule has 0 aliphatic carbocycles. The lowest BCUT2D eigenvalue weighted by Gasteiger charge is -2.10. The molecule has 1 aliphatic rings. The topological polar surface area (TPSA) is 96.0 Å². The first-order valence-corrected chi connectivity index (χ1v) is 9.06. The van der Waals surface area contributed by atoms with Crippen LogP contribution in [0.25, 0.3) is 0 Å². The van der Waals surface area contributed by atoms with Crippen LogP contribution < -0.4 is 15.4 Å². The second-order valence-corrected chi connectivity index (χ2v) is 7.46. The van der Waals surface area contributed by atoms with Crippen LogP contribution in [0.4, 0.5) is 21.8 Å².